The first-order chi connectivity index (χ1) is 15.5. The monoisotopic (exact) mass is 432 g/mol. The van der Waals surface area contributed by atoms with Crippen molar-refractivity contribution >= 4 is 23.4 Å². The standard InChI is InChI=1S/C24H24N4O4/c1-32-21-9-7-20(8-10-21)27-22(29)15-26-23(30)17-28(16-18-5-3-2-4-6-18)24(31)19-11-13-25-14-12-19/h2-14H,15-17H2,1H3,(H,26,30)(H,27,29). The van der Waals surface area contributed by atoms with Gasteiger partial charge in [-0.05, 0) is 42.0 Å². The Morgan fingerprint density at radius 2 is 1.59 bits per heavy atom. The van der Waals surface area contributed by atoms with Crippen LogP contribution in [0.25, 0.3) is 0 Å². The van der Waals surface area contributed by atoms with E-state index >= 15 is 0 Å². The average molecular weight is 432 g/mol. The summed E-state index contributed by atoms with van der Waals surface area (Å²) in [6.45, 7) is -0.146. The Hall–Kier alpha value is -4.20. The molecule has 0 aliphatic heterocycles. The van der Waals surface area contributed by atoms with E-state index in [1.165, 1.54) is 17.3 Å². The number of hydrogen-bond acceptors (Lipinski definition) is 5. The number of amides is 3. The summed E-state index contributed by atoms with van der Waals surface area (Å²) in [6, 6.07) is 19.4. The number of rotatable bonds is 9. The fourth-order valence-corrected chi connectivity index (χ4v) is 2.97. The molecule has 0 unspecified atom stereocenters. The van der Waals surface area contributed by atoms with Crippen LogP contribution >= 0.6 is 0 Å². The largest absolute Gasteiger partial charge is 0.497 e. The van der Waals surface area contributed by atoms with Crippen LogP contribution in [0.5, 0.6) is 5.75 Å². The molecule has 3 aromatic rings. The van der Waals surface area contributed by atoms with Crippen molar-refractivity contribution < 1.29 is 19.1 Å². The predicted octanol–water partition coefficient (Wildman–Crippen LogP) is 2.49. The number of benzene rings is 2. The van der Waals surface area contributed by atoms with Gasteiger partial charge in [0.1, 0.15) is 12.3 Å². The number of hydrogen-bond donors (Lipinski definition) is 2. The van der Waals surface area contributed by atoms with Crippen molar-refractivity contribution in [3.05, 3.63) is 90.3 Å². The fourth-order valence-electron chi connectivity index (χ4n) is 2.97. The lowest BCUT2D eigenvalue weighted by Gasteiger charge is -2.22. The molecule has 0 bridgehead atoms. The summed E-state index contributed by atoms with van der Waals surface area (Å²) >= 11 is 0. The van der Waals surface area contributed by atoms with Crippen molar-refractivity contribution in [1.82, 2.24) is 15.2 Å². The third kappa shape index (κ3) is 6.66. The zero-order valence-electron chi connectivity index (χ0n) is 17.7. The summed E-state index contributed by atoms with van der Waals surface area (Å²) in [4.78, 5) is 43.0. The van der Waals surface area contributed by atoms with E-state index in [1.54, 1.807) is 43.5 Å². The van der Waals surface area contributed by atoms with Crippen molar-refractivity contribution in [3.63, 3.8) is 0 Å². The first-order valence-electron chi connectivity index (χ1n) is 9.99. The van der Waals surface area contributed by atoms with Crippen LogP contribution in [0.2, 0.25) is 0 Å². The number of anilines is 1. The van der Waals surface area contributed by atoms with Gasteiger partial charge >= 0.3 is 0 Å². The third-order valence-corrected chi connectivity index (χ3v) is 4.59. The number of nitrogens with one attached hydrogen (secondary N) is 2. The highest BCUT2D eigenvalue weighted by atomic mass is 16.5. The minimum absolute atomic E-state index is 0.189. The molecule has 164 valence electrons. The summed E-state index contributed by atoms with van der Waals surface area (Å²) in [5.74, 6) is -0.436. The molecule has 8 nitrogen and oxygen atoms in total. The van der Waals surface area contributed by atoms with E-state index in [0.29, 0.717) is 17.0 Å². The van der Waals surface area contributed by atoms with Crippen LogP contribution in [0.15, 0.2) is 79.1 Å². The van der Waals surface area contributed by atoms with E-state index in [1.807, 2.05) is 30.3 Å². The number of carbonyl (C=O) groups excluding carboxylic acids is 3. The maximum Gasteiger partial charge on any atom is 0.254 e. The molecule has 1 heterocycles. The van der Waals surface area contributed by atoms with Crippen LogP contribution in [0.3, 0.4) is 0 Å². The number of ether oxygens (including phenoxy) is 1. The highest BCUT2D eigenvalue weighted by Crippen LogP contribution is 2.14. The molecule has 0 spiro atoms. The highest BCUT2D eigenvalue weighted by molar-refractivity contribution is 5.98. The van der Waals surface area contributed by atoms with Crippen LogP contribution < -0.4 is 15.4 Å². The normalized spacial score (nSPS) is 10.2. The summed E-state index contributed by atoms with van der Waals surface area (Å²) in [5.41, 5.74) is 1.91. The van der Waals surface area contributed by atoms with Gasteiger partial charge in [0, 0.05) is 30.2 Å². The summed E-state index contributed by atoms with van der Waals surface area (Å²) in [6.07, 6.45) is 3.05. The molecule has 3 rings (SSSR count). The van der Waals surface area contributed by atoms with E-state index in [2.05, 4.69) is 15.6 Å². The van der Waals surface area contributed by atoms with Crippen LogP contribution in [0.4, 0.5) is 5.69 Å². The van der Waals surface area contributed by atoms with Crippen LogP contribution in [0, 0.1) is 0 Å². The van der Waals surface area contributed by atoms with Gasteiger partial charge in [0.15, 0.2) is 0 Å². The van der Waals surface area contributed by atoms with E-state index < -0.39 is 5.91 Å². The van der Waals surface area contributed by atoms with Gasteiger partial charge < -0.3 is 20.3 Å². The molecule has 8 heteroatoms. The second-order valence-corrected chi connectivity index (χ2v) is 6.94. The van der Waals surface area contributed by atoms with Gasteiger partial charge in [0.2, 0.25) is 11.8 Å². The minimum Gasteiger partial charge on any atom is -0.497 e. The molecule has 2 N–H and O–H groups in total. The Kier molecular flexibility index (Phi) is 7.91. The number of carbonyl (C=O) groups is 3. The quantitative estimate of drug-likeness (QED) is 0.541. The Bertz CT molecular complexity index is 1040. The third-order valence-electron chi connectivity index (χ3n) is 4.59. The lowest BCUT2D eigenvalue weighted by molar-refractivity contribution is -0.124. The number of nitrogens with zero attached hydrogens (tertiary/aromatic N) is 2. The van der Waals surface area contributed by atoms with Crippen molar-refractivity contribution in [2.45, 2.75) is 6.54 Å². The molecule has 1 aromatic heterocycles. The second kappa shape index (κ2) is 11.3. The molecule has 0 aliphatic rings. The van der Waals surface area contributed by atoms with Gasteiger partial charge in [-0.25, -0.2) is 0 Å². The first-order valence-corrected chi connectivity index (χ1v) is 9.99. The first kappa shape index (κ1) is 22.5. The van der Waals surface area contributed by atoms with Crippen LogP contribution in [-0.4, -0.2) is 47.8 Å². The van der Waals surface area contributed by atoms with Gasteiger partial charge in [-0.2, -0.15) is 0 Å². The molecule has 3 amide bonds. The van der Waals surface area contributed by atoms with Crippen molar-refractivity contribution in [2.75, 3.05) is 25.5 Å². The zero-order chi connectivity index (χ0) is 22.8. The number of aromatic nitrogens is 1. The number of methoxy groups -OCH3 is 1. The van der Waals surface area contributed by atoms with Crippen molar-refractivity contribution in [2.24, 2.45) is 0 Å². The van der Waals surface area contributed by atoms with E-state index in [4.69, 9.17) is 4.74 Å². The average Bonchev–Trinajstić information content (AvgIpc) is 2.83. The topological polar surface area (TPSA) is 101 Å². The zero-order valence-corrected chi connectivity index (χ0v) is 17.7. The lowest BCUT2D eigenvalue weighted by Crippen LogP contribution is -2.42. The molecule has 0 saturated carbocycles. The lowest BCUT2D eigenvalue weighted by atomic mass is 10.2. The van der Waals surface area contributed by atoms with Gasteiger partial charge in [0.05, 0.1) is 13.7 Å². The molecule has 0 atom stereocenters. The summed E-state index contributed by atoms with van der Waals surface area (Å²) in [7, 11) is 1.56. The maximum atomic E-state index is 12.9. The summed E-state index contributed by atoms with van der Waals surface area (Å²) in [5, 5.41) is 5.26. The second-order valence-electron chi connectivity index (χ2n) is 6.94. The predicted molar refractivity (Wildman–Crippen MR) is 120 cm³/mol. The van der Waals surface area contributed by atoms with Gasteiger partial charge in [-0.15, -0.1) is 0 Å². The van der Waals surface area contributed by atoms with Crippen molar-refractivity contribution in [1.29, 1.82) is 0 Å². The number of pyridine rings is 1. The Morgan fingerprint density at radius 1 is 0.906 bits per heavy atom. The fraction of sp³-hybridized carbons (Fsp3) is 0.167. The maximum absolute atomic E-state index is 12.9. The molecular weight excluding hydrogens is 408 g/mol. The van der Waals surface area contributed by atoms with Gasteiger partial charge in [-0.1, -0.05) is 30.3 Å². The molecule has 0 aliphatic carbocycles. The van der Waals surface area contributed by atoms with Crippen LogP contribution in [0.1, 0.15) is 15.9 Å². The van der Waals surface area contributed by atoms with E-state index in [0.717, 1.165) is 5.56 Å². The highest BCUT2D eigenvalue weighted by Gasteiger charge is 2.19. The molecule has 32 heavy (non-hydrogen) atoms. The van der Waals surface area contributed by atoms with Gasteiger partial charge in [0.25, 0.3) is 5.91 Å². The molecule has 0 radical (unpaired) electrons. The molecular formula is C24H24N4O4. The Labute approximate surface area is 186 Å². The molecule has 2 aromatic carbocycles. The van der Waals surface area contributed by atoms with Gasteiger partial charge in [-0.3, -0.25) is 19.4 Å². The minimum atomic E-state index is -0.437. The summed E-state index contributed by atoms with van der Waals surface area (Å²) < 4.78 is 5.08. The van der Waals surface area contributed by atoms with Crippen molar-refractivity contribution in [3.8, 4) is 5.75 Å². The Morgan fingerprint density at radius 3 is 2.25 bits per heavy atom. The van der Waals surface area contributed by atoms with Crippen LogP contribution in [-0.2, 0) is 16.1 Å². The molecule has 0 fully saturated rings. The smallest absolute Gasteiger partial charge is 0.254 e. The Balaban J connectivity index is 1.58. The van der Waals surface area contributed by atoms with E-state index in [-0.39, 0.29) is 31.4 Å². The van der Waals surface area contributed by atoms with E-state index in [9.17, 15) is 14.4 Å². The SMILES string of the molecule is COc1ccc(NC(=O)CNC(=O)CN(Cc2ccccc2)C(=O)c2ccncc2)cc1. The molecule has 0 saturated heterocycles.